The van der Waals surface area contributed by atoms with Crippen molar-refractivity contribution in [1.29, 1.82) is 0 Å². The summed E-state index contributed by atoms with van der Waals surface area (Å²) in [7, 11) is 0. The van der Waals surface area contributed by atoms with Crippen LogP contribution in [0.4, 0.5) is 27.6 Å². The second-order valence-electron chi connectivity index (χ2n) is 18.0. The van der Waals surface area contributed by atoms with Crippen LogP contribution in [-0.2, 0) is 37.4 Å². The van der Waals surface area contributed by atoms with E-state index in [4.69, 9.17) is 0 Å². The van der Waals surface area contributed by atoms with Gasteiger partial charge in [0.1, 0.15) is 34.7 Å². The lowest BCUT2D eigenvalue weighted by Crippen LogP contribution is -2.35. The van der Waals surface area contributed by atoms with Crippen molar-refractivity contribution in [3.63, 3.8) is 0 Å². The Morgan fingerprint density at radius 3 is 1.22 bits per heavy atom. The molecule has 4 aromatic rings. The summed E-state index contributed by atoms with van der Waals surface area (Å²) in [4.78, 5) is 69.9. The first-order valence-corrected chi connectivity index (χ1v) is 24.7. The quantitative estimate of drug-likeness (QED) is 0.187. The highest BCUT2D eigenvalue weighted by Crippen LogP contribution is 2.63. The number of carbonyl (C=O) groups is 4. The SMILES string of the molecule is O=C1C(=Nc2cc3c(s2)-c2cc4c(s2)-c2sc(cc2C42CCCCC2)-c2sc(N=C4C(=O)C5CC(F)C(F)CC5C4=O)cc2CCCCCC3)C(=O)C2CC(F)C(F)CC12. The number of rotatable bonds is 2. The van der Waals surface area contributed by atoms with E-state index in [2.05, 4.69) is 22.1 Å². The number of ketones is 4. The summed E-state index contributed by atoms with van der Waals surface area (Å²) in [6, 6.07) is 8.76. The molecule has 60 heavy (non-hydrogen) atoms. The lowest BCUT2D eigenvalue weighted by molar-refractivity contribution is -0.123. The van der Waals surface area contributed by atoms with Gasteiger partial charge in [0, 0.05) is 58.3 Å². The number of Topliss-reactive ketones (excluding diaryl/α,β-unsaturated/α-hetero) is 4. The normalized spacial score (nSPS) is 30.9. The van der Waals surface area contributed by atoms with Gasteiger partial charge in [-0.15, -0.1) is 45.3 Å². The molecule has 1 aliphatic heterocycles. The van der Waals surface area contributed by atoms with Crippen molar-refractivity contribution in [3.8, 4) is 29.3 Å². The Morgan fingerprint density at radius 1 is 0.467 bits per heavy atom. The van der Waals surface area contributed by atoms with Crippen LogP contribution in [-0.4, -0.2) is 59.2 Å². The Hall–Kier alpha value is -3.46. The van der Waals surface area contributed by atoms with Gasteiger partial charge in [0.25, 0.3) is 0 Å². The fraction of sp³-hybridized carbons (Fsp3) is 0.522. The number of hydrogen-bond donors (Lipinski definition) is 0. The van der Waals surface area contributed by atoms with E-state index in [1.165, 1.54) is 50.0 Å². The van der Waals surface area contributed by atoms with Crippen molar-refractivity contribution in [3.05, 3.63) is 46.5 Å². The Kier molecular flexibility index (Phi) is 9.74. The van der Waals surface area contributed by atoms with Crippen molar-refractivity contribution >= 4 is 89.9 Å². The molecule has 5 saturated carbocycles. The molecule has 8 atom stereocenters. The predicted molar refractivity (Wildman–Crippen MR) is 230 cm³/mol. The van der Waals surface area contributed by atoms with Crippen LogP contribution in [0.3, 0.4) is 0 Å². The number of aryl methyl sites for hydroxylation is 2. The minimum Gasteiger partial charge on any atom is -0.292 e. The summed E-state index contributed by atoms with van der Waals surface area (Å²) in [5.74, 6) is -5.22. The zero-order chi connectivity index (χ0) is 41.2. The van der Waals surface area contributed by atoms with Gasteiger partial charge in [-0.3, -0.25) is 19.2 Å². The first kappa shape index (κ1) is 39.4. The maximum atomic E-state index is 14.3. The molecule has 4 aromatic heterocycles. The number of nitrogens with zero attached hydrogens (tertiary/aromatic N) is 2. The number of aliphatic imine (C=N–C) groups is 2. The van der Waals surface area contributed by atoms with E-state index in [0.717, 1.165) is 94.8 Å². The molecule has 1 spiro atoms. The predicted octanol–water partition coefficient (Wildman–Crippen LogP) is 12.0. The fourth-order valence-electron chi connectivity index (χ4n) is 11.4. The standard InChI is InChI=1S/C46H42F4N2O4S4/c47-28-14-22-23(15-29(28)48)39(54)36(38(22)53)51-34-12-20-8-4-1-2-5-9-21-13-35(52-37-40(55)24-16-30(49)31(50)17-25(24)41(37)56)60-43(21)33-19-27-45(58-33)44-26(18-32(57-44)42(20)59-34)46(27)10-6-3-7-11-46/h12-13,18-19,22-25,28-31H,1-11,14-17H2. The molecule has 0 N–H and O–H groups in total. The van der Waals surface area contributed by atoms with Crippen LogP contribution in [0.1, 0.15) is 106 Å². The summed E-state index contributed by atoms with van der Waals surface area (Å²) in [5.41, 5.74) is 4.53. The van der Waals surface area contributed by atoms with Crippen molar-refractivity contribution < 1.29 is 36.7 Å². The monoisotopic (exact) mass is 890 g/mol. The van der Waals surface area contributed by atoms with Gasteiger partial charge in [-0.05, 0) is 111 Å². The molecule has 0 saturated heterocycles. The number of thiophene rings is 4. The summed E-state index contributed by atoms with van der Waals surface area (Å²) in [6.07, 6.45) is 2.82. The van der Waals surface area contributed by atoms with Gasteiger partial charge in [0.15, 0.2) is 34.6 Å². The van der Waals surface area contributed by atoms with Crippen LogP contribution < -0.4 is 0 Å². The first-order valence-electron chi connectivity index (χ1n) is 21.4. The lowest BCUT2D eigenvalue weighted by Gasteiger charge is -2.34. The van der Waals surface area contributed by atoms with Gasteiger partial charge < -0.3 is 0 Å². The highest BCUT2D eigenvalue weighted by Gasteiger charge is 2.54. The summed E-state index contributed by atoms with van der Waals surface area (Å²) in [6.45, 7) is 0. The summed E-state index contributed by atoms with van der Waals surface area (Å²) in [5, 5.41) is 1.15. The Labute approximate surface area is 360 Å². The zero-order valence-corrected chi connectivity index (χ0v) is 36.0. The fourth-order valence-corrected chi connectivity index (χ4v) is 16.5. The number of alkyl halides is 4. The molecule has 4 bridgehead atoms. The zero-order valence-electron chi connectivity index (χ0n) is 32.7. The van der Waals surface area contributed by atoms with E-state index in [-0.39, 0.29) is 42.5 Å². The molecule has 5 fully saturated rings. The van der Waals surface area contributed by atoms with Gasteiger partial charge in [0.05, 0.1) is 0 Å². The average Bonchev–Trinajstić information content (AvgIpc) is 4.10. The van der Waals surface area contributed by atoms with Gasteiger partial charge in [-0.1, -0.05) is 32.1 Å². The molecule has 0 aromatic carbocycles. The molecule has 8 unspecified atom stereocenters. The van der Waals surface area contributed by atoms with Gasteiger partial charge in [-0.2, -0.15) is 0 Å². The molecular weight excluding hydrogens is 849 g/mol. The van der Waals surface area contributed by atoms with Crippen LogP contribution in [0.25, 0.3) is 29.3 Å². The van der Waals surface area contributed by atoms with E-state index in [1.54, 1.807) is 22.7 Å². The van der Waals surface area contributed by atoms with Crippen LogP contribution in [0, 0.1) is 23.7 Å². The Bertz CT molecular complexity index is 2330. The van der Waals surface area contributed by atoms with E-state index < -0.39 is 71.5 Å². The van der Waals surface area contributed by atoms with Crippen LogP contribution in [0.15, 0.2) is 34.3 Å². The number of hydrogen-bond acceptors (Lipinski definition) is 10. The van der Waals surface area contributed by atoms with E-state index in [1.807, 2.05) is 12.1 Å². The summed E-state index contributed by atoms with van der Waals surface area (Å²) >= 11 is 6.54. The molecule has 14 heteroatoms. The Balaban J connectivity index is 0.978. The highest BCUT2D eigenvalue weighted by molar-refractivity contribution is 7.30. The van der Waals surface area contributed by atoms with Crippen LogP contribution >= 0.6 is 45.3 Å². The third-order valence-electron chi connectivity index (χ3n) is 14.5. The maximum Gasteiger partial charge on any atom is 0.188 e. The van der Waals surface area contributed by atoms with E-state index in [9.17, 15) is 36.7 Å². The van der Waals surface area contributed by atoms with Gasteiger partial charge in [0.2, 0.25) is 0 Å². The summed E-state index contributed by atoms with van der Waals surface area (Å²) < 4.78 is 57.3. The van der Waals surface area contributed by atoms with Gasteiger partial charge in [-0.25, -0.2) is 27.5 Å². The van der Waals surface area contributed by atoms with E-state index >= 15 is 0 Å². The van der Waals surface area contributed by atoms with Crippen molar-refractivity contribution in [2.75, 3.05) is 0 Å². The lowest BCUT2D eigenvalue weighted by atomic mass is 9.68. The smallest absolute Gasteiger partial charge is 0.188 e. The van der Waals surface area contributed by atoms with Crippen molar-refractivity contribution in [2.24, 2.45) is 33.7 Å². The molecule has 312 valence electrons. The molecule has 6 aliphatic carbocycles. The highest BCUT2D eigenvalue weighted by atomic mass is 32.1. The average molecular weight is 891 g/mol. The van der Waals surface area contributed by atoms with Crippen LogP contribution in [0.5, 0.6) is 0 Å². The Morgan fingerprint density at radius 2 is 0.833 bits per heavy atom. The number of halogens is 4. The maximum absolute atomic E-state index is 14.3. The minimum atomic E-state index is -1.74. The third kappa shape index (κ3) is 6.14. The van der Waals surface area contributed by atoms with Crippen molar-refractivity contribution in [1.82, 2.24) is 0 Å². The minimum absolute atomic E-state index is 0.121. The molecule has 0 amide bonds. The van der Waals surface area contributed by atoms with Gasteiger partial charge >= 0.3 is 0 Å². The largest absolute Gasteiger partial charge is 0.292 e. The topological polar surface area (TPSA) is 93.0 Å². The van der Waals surface area contributed by atoms with E-state index in [0.29, 0.717) is 10.0 Å². The second kappa shape index (κ2) is 14.8. The number of fused-ring (bicyclic) bond motifs is 10. The second-order valence-corrected chi connectivity index (χ2v) is 22.1. The van der Waals surface area contributed by atoms with Crippen molar-refractivity contribution in [2.45, 2.75) is 126 Å². The molecule has 11 rings (SSSR count). The molecule has 7 aliphatic rings. The third-order valence-corrected chi connectivity index (χ3v) is 19.4. The molecule has 0 radical (unpaired) electrons. The molecule has 5 heterocycles. The molecular formula is C46H42F4N2O4S4. The first-order chi connectivity index (χ1) is 29.0. The number of carbonyl (C=O) groups excluding carboxylic acids is 4. The molecule has 6 nitrogen and oxygen atoms in total. The van der Waals surface area contributed by atoms with Crippen LogP contribution in [0.2, 0.25) is 0 Å².